The standard InChI is InChI=1S/C32H45N/c1-6-10-27-21-31(28-11-8-7-9-12-28)23-32(22-27)15-17-33(18-16-32)26(5)30-14-13-29(19-24(2)3)25(4)20-30/h7-9,11-14,20,24,27,31H,5-6,10,15-19,21-23H2,1-4H3. The highest BCUT2D eigenvalue weighted by Crippen LogP contribution is 2.53. The average molecular weight is 444 g/mol. The zero-order chi connectivity index (χ0) is 23.4. The normalized spacial score (nSPS) is 22.6. The minimum absolute atomic E-state index is 0.520. The summed E-state index contributed by atoms with van der Waals surface area (Å²) in [5.41, 5.74) is 7.52. The van der Waals surface area contributed by atoms with E-state index < -0.39 is 0 Å². The maximum Gasteiger partial charge on any atom is 0.0366 e. The van der Waals surface area contributed by atoms with Gasteiger partial charge in [-0.15, -0.1) is 0 Å². The third kappa shape index (κ3) is 5.73. The van der Waals surface area contributed by atoms with Crippen LogP contribution in [0.25, 0.3) is 5.70 Å². The van der Waals surface area contributed by atoms with Crippen molar-refractivity contribution in [2.75, 3.05) is 13.1 Å². The van der Waals surface area contributed by atoms with Gasteiger partial charge < -0.3 is 4.90 Å². The highest BCUT2D eigenvalue weighted by atomic mass is 15.1. The number of rotatable bonds is 7. The number of benzene rings is 2. The van der Waals surface area contributed by atoms with Crippen molar-refractivity contribution in [1.82, 2.24) is 4.90 Å². The Hall–Kier alpha value is -2.02. The number of hydrogen-bond donors (Lipinski definition) is 0. The van der Waals surface area contributed by atoms with Crippen LogP contribution in [-0.2, 0) is 6.42 Å². The van der Waals surface area contributed by atoms with Crippen molar-refractivity contribution in [3.63, 3.8) is 0 Å². The first-order valence-electron chi connectivity index (χ1n) is 13.5. The number of hydrogen-bond acceptors (Lipinski definition) is 1. The molecule has 2 aromatic carbocycles. The lowest BCUT2D eigenvalue weighted by Gasteiger charge is -2.50. The topological polar surface area (TPSA) is 3.24 Å². The summed E-state index contributed by atoms with van der Waals surface area (Å²) in [5, 5.41) is 0. The zero-order valence-corrected chi connectivity index (χ0v) is 21.6. The van der Waals surface area contributed by atoms with Crippen LogP contribution in [-0.4, -0.2) is 18.0 Å². The van der Waals surface area contributed by atoms with E-state index in [2.05, 4.69) is 87.7 Å². The first kappa shape index (κ1) is 24.1. The van der Waals surface area contributed by atoms with Gasteiger partial charge in [-0.25, -0.2) is 0 Å². The lowest BCUT2D eigenvalue weighted by atomic mass is 9.59. The minimum Gasteiger partial charge on any atom is -0.371 e. The lowest BCUT2D eigenvalue weighted by molar-refractivity contribution is 0.0510. The Morgan fingerprint density at radius 3 is 2.42 bits per heavy atom. The molecule has 0 bridgehead atoms. The molecule has 1 nitrogen and oxygen atoms in total. The molecule has 2 aliphatic rings. The van der Waals surface area contributed by atoms with E-state index in [9.17, 15) is 0 Å². The highest BCUT2D eigenvalue weighted by molar-refractivity contribution is 5.63. The molecule has 2 aromatic rings. The van der Waals surface area contributed by atoms with E-state index in [1.54, 1.807) is 5.56 Å². The van der Waals surface area contributed by atoms with E-state index in [0.717, 1.165) is 31.3 Å². The predicted molar refractivity (Wildman–Crippen MR) is 143 cm³/mol. The predicted octanol–water partition coefficient (Wildman–Crippen LogP) is 8.63. The molecule has 4 rings (SSSR count). The Kier molecular flexibility index (Phi) is 7.67. The van der Waals surface area contributed by atoms with E-state index in [1.165, 1.54) is 67.3 Å². The zero-order valence-electron chi connectivity index (χ0n) is 21.6. The number of piperidine rings is 1. The van der Waals surface area contributed by atoms with Crippen LogP contribution >= 0.6 is 0 Å². The minimum atomic E-state index is 0.520. The molecule has 0 amide bonds. The van der Waals surface area contributed by atoms with Crippen molar-refractivity contribution >= 4 is 5.70 Å². The molecule has 2 atom stereocenters. The van der Waals surface area contributed by atoms with Gasteiger partial charge in [-0.05, 0) is 96.9 Å². The molecular weight excluding hydrogens is 398 g/mol. The van der Waals surface area contributed by atoms with Crippen LogP contribution in [0.2, 0.25) is 0 Å². The largest absolute Gasteiger partial charge is 0.371 e. The smallest absolute Gasteiger partial charge is 0.0366 e. The molecule has 1 aliphatic carbocycles. The molecule has 1 heteroatoms. The fraction of sp³-hybridized carbons (Fsp3) is 0.562. The van der Waals surface area contributed by atoms with E-state index in [0.29, 0.717) is 11.3 Å². The molecule has 0 N–H and O–H groups in total. The monoisotopic (exact) mass is 443 g/mol. The van der Waals surface area contributed by atoms with Gasteiger partial charge >= 0.3 is 0 Å². The summed E-state index contributed by atoms with van der Waals surface area (Å²) in [6.45, 7) is 16.1. The van der Waals surface area contributed by atoms with Crippen LogP contribution in [0.1, 0.15) is 93.9 Å². The molecule has 33 heavy (non-hydrogen) atoms. The third-order valence-corrected chi connectivity index (χ3v) is 8.50. The molecule has 1 saturated carbocycles. The average Bonchev–Trinajstić information content (AvgIpc) is 2.81. The van der Waals surface area contributed by atoms with Crippen molar-refractivity contribution in [2.45, 2.75) is 85.0 Å². The van der Waals surface area contributed by atoms with Crippen molar-refractivity contribution in [2.24, 2.45) is 17.3 Å². The molecule has 2 unspecified atom stereocenters. The summed E-state index contributed by atoms with van der Waals surface area (Å²) in [7, 11) is 0. The summed E-state index contributed by atoms with van der Waals surface area (Å²) in [4.78, 5) is 2.57. The van der Waals surface area contributed by atoms with Gasteiger partial charge in [0.1, 0.15) is 0 Å². The van der Waals surface area contributed by atoms with Gasteiger partial charge in [0.05, 0.1) is 0 Å². The maximum atomic E-state index is 4.55. The van der Waals surface area contributed by atoms with Gasteiger partial charge in [0.2, 0.25) is 0 Å². The molecule has 0 radical (unpaired) electrons. The summed E-state index contributed by atoms with van der Waals surface area (Å²) in [6, 6.07) is 18.4. The molecule has 2 fully saturated rings. The Bertz CT molecular complexity index is 917. The first-order valence-corrected chi connectivity index (χ1v) is 13.5. The second-order valence-electron chi connectivity index (χ2n) is 11.6. The number of likely N-dealkylation sites (tertiary alicyclic amines) is 1. The van der Waals surface area contributed by atoms with E-state index >= 15 is 0 Å². The van der Waals surface area contributed by atoms with Gasteiger partial charge in [-0.2, -0.15) is 0 Å². The molecule has 1 heterocycles. The molecule has 0 aromatic heterocycles. The Morgan fingerprint density at radius 2 is 1.79 bits per heavy atom. The van der Waals surface area contributed by atoms with Crippen LogP contribution in [0, 0.1) is 24.2 Å². The Labute approximate surface area is 203 Å². The first-order chi connectivity index (χ1) is 15.9. The van der Waals surface area contributed by atoms with Crippen LogP contribution < -0.4 is 0 Å². The van der Waals surface area contributed by atoms with Gasteiger partial charge in [-0.3, -0.25) is 0 Å². The third-order valence-electron chi connectivity index (χ3n) is 8.50. The van der Waals surface area contributed by atoms with E-state index in [4.69, 9.17) is 0 Å². The van der Waals surface area contributed by atoms with Crippen molar-refractivity contribution in [3.05, 3.63) is 77.4 Å². The van der Waals surface area contributed by atoms with Crippen LogP contribution in [0.4, 0.5) is 0 Å². The van der Waals surface area contributed by atoms with Crippen molar-refractivity contribution in [1.29, 1.82) is 0 Å². The summed E-state index contributed by atoms with van der Waals surface area (Å²) in [5.74, 6) is 2.32. The van der Waals surface area contributed by atoms with Crippen molar-refractivity contribution in [3.8, 4) is 0 Å². The van der Waals surface area contributed by atoms with Gasteiger partial charge in [0, 0.05) is 18.8 Å². The lowest BCUT2D eigenvalue weighted by Crippen LogP contribution is -2.43. The SMILES string of the molecule is C=C(c1ccc(CC(C)C)c(C)c1)N1CCC2(CC1)CC(CCC)CC(c1ccccc1)C2. The van der Waals surface area contributed by atoms with E-state index in [1.807, 2.05) is 0 Å². The fourth-order valence-corrected chi connectivity index (χ4v) is 6.78. The molecular formula is C32H45N. The number of nitrogens with zero attached hydrogens (tertiary/aromatic N) is 1. The molecule has 178 valence electrons. The van der Waals surface area contributed by atoms with Crippen LogP contribution in [0.15, 0.2) is 55.1 Å². The van der Waals surface area contributed by atoms with Gasteiger partial charge in [0.15, 0.2) is 0 Å². The summed E-state index contributed by atoms with van der Waals surface area (Å²) in [6.07, 6.45) is 10.7. The van der Waals surface area contributed by atoms with Gasteiger partial charge in [-0.1, -0.05) is 82.7 Å². The molecule has 1 spiro atoms. The summed E-state index contributed by atoms with van der Waals surface area (Å²) >= 11 is 0. The highest BCUT2D eigenvalue weighted by Gasteiger charge is 2.42. The fourth-order valence-electron chi connectivity index (χ4n) is 6.78. The van der Waals surface area contributed by atoms with Crippen molar-refractivity contribution < 1.29 is 0 Å². The number of aryl methyl sites for hydroxylation is 1. The van der Waals surface area contributed by atoms with Crippen LogP contribution in [0.3, 0.4) is 0 Å². The quantitative estimate of drug-likeness (QED) is 0.414. The Balaban J connectivity index is 1.44. The summed E-state index contributed by atoms with van der Waals surface area (Å²) < 4.78 is 0. The second kappa shape index (κ2) is 10.5. The maximum absolute atomic E-state index is 4.55. The Morgan fingerprint density at radius 1 is 1.06 bits per heavy atom. The second-order valence-corrected chi connectivity index (χ2v) is 11.6. The van der Waals surface area contributed by atoms with E-state index in [-0.39, 0.29) is 0 Å². The van der Waals surface area contributed by atoms with Gasteiger partial charge in [0.25, 0.3) is 0 Å². The van der Waals surface area contributed by atoms with Crippen LogP contribution in [0.5, 0.6) is 0 Å². The molecule has 1 aliphatic heterocycles. The molecule has 1 saturated heterocycles.